The average Bonchev–Trinajstić information content (AvgIpc) is 3.24. The molecule has 0 spiro atoms. The molecular formula is C21H29N3O3S2. The van der Waals surface area contributed by atoms with E-state index in [1.807, 2.05) is 41.5 Å². The van der Waals surface area contributed by atoms with E-state index < -0.39 is 10.0 Å². The number of thiophene rings is 1. The molecule has 29 heavy (non-hydrogen) atoms. The molecule has 2 aromatic rings. The van der Waals surface area contributed by atoms with Crippen LogP contribution in [0.1, 0.15) is 36.8 Å². The highest BCUT2D eigenvalue weighted by Gasteiger charge is 2.29. The van der Waals surface area contributed by atoms with Crippen LogP contribution in [0, 0.1) is 0 Å². The van der Waals surface area contributed by atoms with E-state index >= 15 is 0 Å². The molecule has 158 valence electrons. The molecule has 1 fully saturated rings. The second-order valence-electron chi connectivity index (χ2n) is 7.38. The van der Waals surface area contributed by atoms with Gasteiger partial charge in [0, 0.05) is 31.1 Å². The van der Waals surface area contributed by atoms with E-state index in [9.17, 15) is 13.2 Å². The highest BCUT2D eigenvalue weighted by Crippen LogP contribution is 2.20. The lowest BCUT2D eigenvalue weighted by Gasteiger charge is -2.33. The van der Waals surface area contributed by atoms with Crippen molar-refractivity contribution in [1.29, 1.82) is 0 Å². The van der Waals surface area contributed by atoms with Crippen molar-refractivity contribution in [3.05, 3.63) is 52.2 Å². The molecule has 1 aliphatic rings. The minimum atomic E-state index is -3.49. The Balaban J connectivity index is 1.51. The van der Waals surface area contributed by atoms with Gasteiger partial charge in [0.25, 0.3) is 0 Å². The van der Waals surface area contributed by atoms with Gasteiger partial charge in [-0.3, -0.25) is 9.69 Å². The van der Waals surface area contributed by atoms with Gasteiger partial charge in [-0.15, -0.1) is 11.3 Å². The first-order chi connectivity index (χ1) is 13.9. The van der Waals surface area contributed by atoms with Gasteiger partial charge in [0.05, 0.1) is 17.5 Å². The SMILES string of the molecule is CCCc1ccc(S(=O)(=O)N2CCN(CC(=O)NC(C)c3cccs3)CC2)cc1. The molecule has 1 amide bonds. The Labute approximate surface area is 177 Å². The van der Waals surface area contributed by atoms with Gasteiger partial charge in [0.1, 0.15) is 0 Å². The number of hydrogen-bond acceptors (Lipinski definition) is 5. The number of carbonyl (C=O) groups excluding carboxylic acids is 1. The summed E-state index contributed by atoms with van der Waals surface area (Å²) in [4.78, 5) is 15.8. The largest absolute Gasteiger partial charge is 0.348 e. The molecule has 1 aliphatic heterocycles. The van der Waals surface area contributed by atoms with Gasteiger partial charge < -0.3 is 5.32 Å². The Kier molecular flexibility index (Phi) is 7.45. The minimum Gasteiger partial charge on any atom is -0.348 e. The lowest BCUT2D eigenvalue weighted by Crippen LogP contribution is -2.51. The lowest BCUT2D eigenvalue weighted by molar-refractivity contribution is -0.123. The quantitative estimate of drug-likeness (QED) is 0.692. The maximum atomic E-state index is 12.9. The van der Waals surface area contributed by atoms with Gasteiger partial charge >= 0.3 is 0 Å². The Hall–Kier alpha value is -1.74. The highest BCUT2D eigenvalue weighted by atomic mass is 32.2. The van der Waals surface area contributed by atoms with Gasteiger partial charge in [0.2, 0.25) is 15.9 Å². The monoisotopic (exact) mass is 435 g/mol. The molecule has 0 radical (unpaired) electrons. The van der Waals surface area contributed by atoms with E-state index in [1.165, 1.54) is 4.31 Å². The molecule has 1 N–H and O–H groups in total. The zero-order valence-corrected chi connectivity index (χ0v) is 18.6. The molecule has 0 saturated carbocycles. The van der Waals surface area contributed by atoms with E-state index in [4.69, 9.17) is 0 Å². The fourth-order valence-corrected chi connectivity index (χ4v) is 5.65. The van der Waals surface area contributed by atoms with Crippen LogP contribution in [-0.2, 0) is 21.2 Å². The molecule has 2 heterocycles. The fraction of sp³-hybridized carbons (Fsp3) is 0.476. The number of rotatable bonds is 8. The summed E-state index contributed by atoms with van der Waals surface area (Å²) in [7, 11) is -3.49. The van der Waals surface area contributed by atoms with E-state index in [0.717, 1.165) is 23.3 Å². The zero-order chi connectivity index (χ0) is 20.9. The van der Waals surface area contributed by atoms with E-state index in [2.05, 4.69) is 12.2 Å². The summed E-state index contributed by atoms with van der Waals surface area (Å²) >= 11 is 1.62. The maximum absolute atomic E-state index is 12.9. The third-order valence-corrected chi connectivity index (χ3v) is 8.11. The first-order valence-electron chi connectivity index (χ1n) is 10.0. The molecule has 6 nitrogen and oxygen atoms in total. The van der Waals surface area contributed by atoms with Gasteiger partial charge in [-0.2, -0.15) is 4.31 Å². The van der Waals surface area contributed by atoms with Crippen molar-refractivity contribution in [2.75, 3.05) is 32.7 Å². The number of sulfonamides is 1. The number of amides is 1. The number of benzene rings is 1. The fourth-order valence-electron chi connectivity index (χ4n) is 3.49. The summed E-state index contributed by atoms with van der Waals surface area (Å²) in [5.41, 5.74) is 1.15. The lowest BCUT2D eigenvalue weighted by atomic mass is 10.1. The van der Waals surface area contributed by atoms with Crippen LogP contribution in [0.5, 0.6) is 0 Å². The number of nitrogens with one attached hydrogen (secondary N) is 1. The van der Waals surface area contributed by atoms with E-state index in [1.54, 1.807) is 23.5 Å². The molecule has 1 saturated heterocycles. The van der Waals surface area contributed by atoms with Crippen molar-refractivity contribution in [2.24, 2.45) is 0 Å². The second-order valence-corrected chi connectivity index (χ2v) is 10.3. The van der Waals surface area contributed by atoms with Crippen molar-refractivity contribution in [2.45, 2.75) is 37.6 Å². The average molecular weight is 436 g/mol. The topological polar surface area (TPSA) is 69.7 Å². The summed E-state index contributed by atoms with van der Waals surface area (Å²) in [6, 6.07) is 11.2. The third-order valence-electron chi connectivity index (χ3n) is 5.15. The summed E-state index contributed by atoms with van der Waals surface area (Å²) in [6.45, 7) is 6.25. The van der Waals surface area contributed by atoms with Crippen LogP contribution in [0.2, 0.25) is 0 Å². The van der Waals surface area contributed by atoms with Gasteiger partial charge in [-0.25, -0.2) is 8.42 Å². The highest BCUT2D eigenvalue weighted by molar-refractivity contribution is 7.89. The number of carbonyl (C=O) groups is 1. The van der Waals surface area contributed by atoms with Crippen molar-refractivity contribution in [1.82, 2.24) is 14.5 Å². The van der Waals surface area contributed by atoms with Crippen LogP contribution < -0.4 is 5.32 Å². The summed E-state index contributed by atoms with van der Waals surface area (Å²) in [5, 5.41) is 5.01. The number of nitrogens with zero attached hydrogens (tertiary/aromatic N) is 2. The van der Waals surface area contributed by atoms with Crippen LogP contribution >= 0.6 is 11.3 Å². The molecule has 1 unspecified atom stereocenters. The van der Waals surface area contributed by atoms with Crippen molar-refractivity contribution in [3.63, 3.8) is 0 Å². The predicted octanol–water partition coefficient (Wildman–Crippen LogP) is 2.88. The van der Waals surface area contributed by atoms with Crippen molar-refractivity contribution >= 4 is 27.3 Å². The molecular weight excluding hydrogens is 406 g/mol. The Morgan fingerprint density at radius 3 is 2.41 bits per heavy atom. The normalized spacial score (nSPS) is 17.2. The number of piperazine rings is 1. The van der Waals surface area contributed by atoms with Crippen LogP contribution in [0.3, 0.4) is 0 Å². The predicted molar refractivity (Wildman–Crippen MR) is 117 cm³/mol. The third kappa shape index (κ3) is 5.66. The molecule has 3 rings (SSSR count). The summed E-state index contributed by atoms with van der Waals surface area (Å²) in [5.74, 6) is -0.0336. The first kappa shape index (κ1) is 22.0. The Bertz CT molecular complexity index is 888. The smallest absolute Gasteiger partial charge is 0.243 e. The van der Waals surface area contributed by atoms with Crippen molar-refractivity contribution in [3.8, 4) is 0 Å². The molecule has 8 heteroatoms. The van der Waals surface area contributed by atoms with E-state index in [0.29, 0.717) is 31.1 Å². The van der Waals surface area contributed by atoms with Crippen LogP contribution in [0.15, 0.2) is 46.7 Å². The molecule has 1 atom stereocenters. The van der Waals surface area contributed by atoms with Crippen LogP contribution in [0.4, 0.5) is 0 Å². The minimum absolute atomic E-state index is 0.0140. The van der Waals surface area contributed by atoms with Gasteiger partial charge in [-0.05, 0) is 42.5 Å². The Morgan fingerprint density at radius 1 is 1.14 bits per heavy atom. The van der Waals surface area contributed by atoms with Crippen LogP contribution in [0.25, 0.3) is 0 Å². The zero-order valence-electron chi connectivity index (χ0n) is 17.0. The maximum Gasteiger partial charge on any atom is 0.243 e. The molecule has 1 aromatic carbocycles. The van der Waals surface area contributed by atoms with E-state index in [-0.39, 0.29) is 18.5 Å². The molecule has 1 aromatic heterocycles. The number of aryl methyl sites for hydroxylation is 1. The standard InChI is InChI=1S/C21H29N3O3S2/c1-3-5-18-7-9-19(10-8-18)29(26,27)24-13-11-23(12-14-24)16-21(25)22-17(2)20-6-4-15-28-20/h4,6-10,15,17H,3,5,11-14,16H2,1-2H3,(H,22,25). The molecule has 0 aliphatic carbocycles. The number of hydrogen-bond donors (Lipinski definition) is 1. The van der Waals surface area contributed by atoms with Gasteiger partial charge in [0.15, 0.2) is 0 Å². The Morgan fingerprint density at radius 2 is 1.83 bits per heavy atom. The summed E-state index contributed by atoms with van der Waals surface area (Å²) in [6.07, 6.45) is 1.99. The summed E-state index contributed by atoms with van der Waals surface area (Å²) < 4.78 is 27.3. The van der Waals surface area contributed by atoms with Crippen molar-refractivity contribution < 1.29 is 13.2 Å². The van der Waals surface area contributed by atoms with Gasteiger partial charge in [-0.1, -0.05) is 31.5 Å². The second kappa shape index (κ2) is 9.84. The van der Waals surface area contributed by atoms with Crippen LogP contribution in [-0.4, -0.2) is 56.3 Å². The first-order valence-corrected chi connectivity index (χ1v) is 12.4. The molecule has 0 bridgehead atoms.